The Morgan fingerprint density at radius 1 is 1.06 bits per heavy atom. The monoisotopic (exact) mass is 217 g/mol. The number of hydrogen-bond acceptors (Lipinski definition) is 0. The Hall–Kier alpha value is -1.70. The molecule has 0 unspecified atom stereocenters. The van der Waals surface area contributed by atoms with Crippen molar-refractivity contribution in [2.75, 3.05) is 0 Å². The van der Waals surface area contributed by atoms with Crippen molar-refractivity contribution in [2.45, 2.75) is 13.3 Å². The van der Waals surface area contributed by atoms with Crippen molar-refractivity contribution in [1.82, 2.24) is 0 Å². The molecule has 81 valence electrons. The lowest BCUT2D eigenvalue weighted by atomic mass is 10.0. The first-order valence-corrected chi connectivity index (χ1v) is 5.17. The van der Waals surface area contributed by atoms with Crippen LogP contribution >= 0.6 is 0 Å². The van der Waals surface area contributed by atoms with Gasteiger partial charge in [0.05, 0.1) is 0 Å². The SMILES string of the molecule is CCc1ccc(-c2cc[c]c(F)c2F)cc1. The number of hydrogen-bond donors (Lipinski definition) is 0. The molecule has 0 spiro atoms. The Balaban J connectivity index is 2.46. The summed E-state index contributed by atoms with van der Waals surface area (Å²) in [5, 5.41) is 0. The molecule has 0 aromatic heterocycles. The molecule has 2 aromatic carbocycles. The standard InChI is InChI=1S/C14H11F2/c1-2-10-6-8-11(9-7-10)12-4-3-5-13(15)14(12)16/h3-4,6-9H,2H2,1H3. The molecule has 0 saturated heterocycles. The van der Waals surface area contributed by atoms with E-state index >= 15 is 0 Å². The van der Waals surface area contributed by atoms with Crippen LogP contribution in [0.1, 0.15) is 12.5 Å². The third kappa shape index (κ3) is 1.96. The first kappa shape index (κ1) is 10.8. The van der Waals surface area contributed by atoms with Crippen molar-refractivity contribution in [3.8, 4) is 11.1 Å². The summed E-state index contributed by atoms with van der Waals surface area (Å²) < 4.78 is 26.4. The molecule has 0 nitrogen and oxygen atoms in total. The van der Waals surface area contributed by atoms with E-state index in [1.807, 2.05) is 19.1 Å². The van der Waals surface area contributed by atoms with Crippen LogP contribution in [0.25, 0.3) is 11.1 Å². The summed E-state index contributed by atoms with van der Waals surface area (Å²) in [6.07, 6.45) is 0.930. The molecule has 16 heavy (non-hydrogen) atoms. The van der Waals surface area contributed by atoms with Gasteiger partial charge >= 0.3 is 0 Å². The van der Waals surface area contributed by atoms with Crippen molar-refractivity contribution in [2.24, 2.45) is 0 Å². The van der Waals surface area contributed by atoms with E-state index in [-0.39, 0.29) is 5.56 Å². The van der Waals surface area contributed by atoms with Gasteiger partial charge in [-0.15, -0.1) is 0 Å². The minimum Gasteiger partial charge on any atom is -0.203 e. The minimum atomic E-state index is -0.933. The highest BCUT2D eigenvalue weighted by Crippen LogP contribution is 2.24. The quantitative estimate of drug-likeness (QED) is 0.713. The predicted octanol–water partition coefficient (Wildman–Crippen LogP) is 3.99. The molecule has 2 aromatic rings. The average Bonchev–Trinajstić information content (AvgIpc) is 2.33. The molecule has 0 fully saturated rings. The van der Waals surface area contributed by atoms with E-state index in [0.717, 1.165) is 6.42 Å². The molecule has 0 bridgehead atoms. The maximum atomic E-state index is 13.5. The molecule has 0 aliphatic heterocycles. The second-order valence-corrected chi connectivity index (χ2v) is 3.57. The van der Waals surface area contributed by atoms with Gasteiger partial charge in [-0.1, -0.05) is 43.3 Å². The van der Waals surface area contributed by atoms with Crippen LogP contribution in [-0.4, -0.2) is 0 Å². The van der Waals surface area contributed by atoms with E-state index in [4.69, 9.17) is 0 Å². The van der Waals surface area contributed by atoms with Gasteiger partial charge in [0.1, 0.15) is 0 Å². The highest BCUT2D eigenvalue weighted by Gasteiger charge is 2.09. The van der Waals surface area contributed by atoms with Crippen LogP contribution in [0.2, 0.25) is 0 Å². The Bertz CT molecular complexity index is 487. The highest BCUT2D eigenvalue weighted by atomic mass is 19.2. The van der Waals surface area contributed by atoms with Gasteiger partial charge in [0.2, 0.25) is 0 Å². The Morgan fingerprint density at radius 3 is 2.38 bits per heavy atom. The van der Waals surface area contributed by atoms with Crippen LogP contribution in [0.5, 0.6) is 0 Å². The molecule has 0 aliphatic rings. The Morgan fingerprint density at radius 2 is 1.75 bits per heavy atom. The van der Waals surface area contributed by atoms with E-state index in [9.17, 15) is 8.78 Å². The largest absolute Gasteiger partial charge is 0.203 e. The van der Waals surface area contributed by atoms with Gasteiger partial charge in [0, 0.05) is 11.6 Å². The van der Waals surface area contributed by atoms with Gasteiger partial charge in [-0.3, -0.25) is 0 Å². The normalized spacial score (nSPS) is 10.4. The Kier molecular flexibility index (Phi) is 3.00. The Labute approximate surface area is 93.5 Å². The third-order valence-electron chi connectivity index (χ3n) is 2.56. The molecular formula is C14H11F2. The van der Waals surface area contributed by atoms with Crippen LogP contribution in [0.15, 0.2) is 36.4 Å². The molecule has 1 radical (unpaired) electrons. The summed E-state index contributed by atoms with van der Waals surface area (Å²) in [5.41, 5.74) is 2.13. The average molecular weight is 217 g/mol. The van der Waals surface area contributed by atoms with Crippen molar-refractivity contribution in [3.63, 3.8) is 0 Å². The van der Waals surface area contributed by atoms with Crippen LogP contribution in [-0.2, 0) is 6.42 Å². The highest BCUT2D eigenvalue weighted by molar-refractivity contribution is 5.64. The van der Waals surface area contributed by atoms with Gasteiger partial charge in [-0.2, -0.15) is 0 Å². The molecular weight excluding hydrogens is 206 g/mol. The summed E-state index contributed by atoms with van der Waals surface area (Å²) in [4.78, 5) is 0. The van der Waals surface area contributed by atoms with Crippen LogP contribution in [0, 0.1) is 17.7 Å². The number of benzene rings is 2. The molecule has 0 saturated carbocycles. The van der Waals surface area contributed by atoms with Gasteiger partial charge < -0.3 is 0 Å². The second-order valence-electron chi connectivity index (χ2n) is 3.57. The predicted molar refractivity (Wildman–Crippen MR) is 60.0 cm³/mol. The topological polar surface area (TPSA) is 0 Å². The molecule has 0 N–H and O–H groups in total. The first-order valence-electron chi connectivity index (χ1n) is 5.17. The summed E-state index contributed by atoms with van der Waals surface area (Å²) in [7, 11) is 0. The third-order valence-corrected chi connectivity index (χ3v) is 2.56. The number of halogens is 2. The smallest absolute Gasteiger partial charge is 0.167 e. The van der Waals surface area contributed by atoms with Crippen molar-refractivity contribution in [3.05, 3.63) is 59.7 Å². The van der Waals surface area contributed by atoms with E-state index in [2.05, 4.69) is 6.07 Å². The van der Waals surface area contributed by atoms with Crippen molar-refractivity contribution >= 4 is 0 Å². The zero-order valence-electron chi connectivity index (χ0n) is 8.93. The molecule has 0 heterocycles. The zero-order valence-corrected chi connectivity index (χ0v) is 8.93. The molecule has 0 aliphatic carbocycles. The fourth-order valence-corrected chi connectivity index (χ4v) is 1.60. The fraction of sp³-hybridized carbons (Fsp3) is 0.143. The van der Waals surface area contributed by atoms with Crippen LogP contribution in [0.3, 0.4) is 0 Å². The van der Waals surface area contributed by atoms with Crippen LogP contribution < -0.4 is 0 Å². The van der Waals surface area contributed by atoms with Crippen LogP contribution in [0.4, 0.5) is 8.78 Å². The van der Waals surface area contributed by atoms with E-state index in [1.165, 1.54) is 17.7 Å². The van der Waals surface area contributed by atoms with Crippen molar-refractivity contribution < 1.29 is 8.78 Å². The maximum absolute atomic E-state index is 13.5. The lowest BCUT2D eigenvalue weighted by molar-refractivity contribution is 0.509. The van der Waals surface area contributed by atoms with E-state index in [1.54, 1.807) is 12.1 Å². The van der Waals surface area contributed by atoms with E-state index in [0.29, 0.717) is 5.56 Å². The summed E-state index contributed by atoms with van der Waals surface area (Å²) >= 11 is 0. The zero-order chi connectivity index (χ0) is 11.5. The lowest BCUT2D eigenvalue weighted by Gasteiger charge is -2.04. The van der Waals surface area contributed by atoms with Gasteiger partial charge in [-0.25, -0.2) is 8.78 Å². The number of aryl methyl sites for hydroxylation is 1. The maximum Gasteiger partial charge on any atom is 0.167 e. The van der Waals surface area contributed by atoms with Gasteiger partial charge in [0.25, 0.3) is 0 Å². The first-order chi connectivity index (χ1) is 7.72. The molecule has 0 amide bonds. The number of rotatable bonds is 2. The van der Waals surface area contributed by atoms with Gasteiger partial charge in [0.15, 0.2) is 11.6 Å². The van der Waals surface area contributed by atoms with Crippen molar-refractivity contribution in [1.29, 1.82) is 0 Å². The summed E-state index contributed by atoms with van der Waals surface area (Å²) in [6, 6.07) is 12.6. The fourth-order valence-electron chi connectivity index (χ4n) is 1.60. The molecule has 0 atom stereocenters. The van der Waals surface area contributed by atoms with Gasteiger partial charge in [-0.05, 0) is 17.5 Å². The molecule has 2 heteroatoms. The molecule has 2 rings (SSSR count). The second kappa shape index (κ2) is 4.44. The summed E-state index contributed by atoms with van der Waals surface area (Å²) in [6.45, 7) is 2.05. The van der Waals surface area contributed by atoms with E-state index < -0.39 is 11.6 Å². The summed E-state index contributed by atoms with van der Waals surface area (Å²) in [5.74, 6) is -1.77. The minimum absolute atomic E-state index is 0.277. The lowest BCUT2D eigenvalue weighted by Crippen LogP contribution is -1.89.